The first-order valence-corrected chi connectivity index (χ1v) is 25.5. The van der Waals surface area contributed by atoms with Crippen LogP contribution in [0.2, 0.25) is 0 Å². The zero-order valence-electron chi connectivity index (χ0n) is 43.5. The minimum atomic E-state index is -1.65. The summed E-state index contributed by atoms with van der Waals surface area (Å²) < 4.78 is 0. The molecular weight excluding hydrogens is 995 g/mol. The second-order valence-corrected chi connectivity index (χ2v) is 19.6. The number of hydrogen-bond acceptors (Lipinski definition) is 14. The quantitative estimate of drug-likeness (QED) is 0.0194. The Balaban J connectivity index is 1.80. The number of carbonyl (C=O) groups excluding carboxylic acids is 9. The van der Waals surface area contributed by atoms with Gasteiger partial charge in [-0.25, -0.2) is 4.79 Å². The number of amides is 9. The fourth-order valence-electron chi connectivity index (χ4n) is 8.82. The molecule has 17 N–H and O–H groups in total. The molecule has 3 rings (SSSR count). The lowest BCUT2D eigenvalue weighted by molar-refractivity contribution is -0.148. The van der Waals surface area contributed by atoms with Crippen LogP contribution in [0.25, 0.3) is 0 Å². The summed E-state index contributed by atoms with van der Waals surface area (Å²) in [5, 5.41) is 43.9. The van der Waals surface area contributed by atoms with E-state index in [2.05, 4.69) is 36.9 Å². The highest BCUT2D eigenvalue weighted by Crippen LogP contribution is 2.27. The molecule has 0 aliphatic carbocycles. The predicted molar refractivity (Wildman–Crippen MR) is 273 cm³/mol. The van der Waals surface area contributed by atoms with Crippen LogP contribution in [0.4, 0.5) is 0 Å². The van der Waals surface area contributed by atoms with Gasteiger partial charge in [0.05, 0.1) is 19.1 Å². The van der Waals surface area contributed by atoms with E-state index in [1.165, 1.54) is 9.80 Å². The van der Waals surface area contributed by atoms with Crippen LogP contribution >= 0.6 is 0 Å². The van der Waals surface area contributed by atoms with Gasteiger partial charge in [0.2, 0.25) is 53.2 Å². The van der Waals surface area contributed by atoms with Crippen molar-refractivity contribution < 1.29 is 68.1 Å². The number of carboxylic acid groups (broad SMARTS) is 2. The number of primary amides is 1. The number of benzene rings is 1. The van der Waals surface area contributed by atoms with Crippen LogP contribution < -0.4 is 54.8 Å². The number of rotatable bonds is 31. The molecule has 1 aromatic rings. The van der Waals surface area contributed by atoms with E-state index in [9.17, 15) is 63.0 Å². The van der Waals surface area contributed by atoms with Gasteiger partial charge in [-0.1, -0.05) is 64.4 Å². The number of nitrogens with zero attached hydrogens (tertiary/aromatic N) is 3. The fraction of sp³-hybridized carbons (Fsp3) is 0.633. The van der Waals surface area contributed by atoms with Crippen molar-refractivity contribution in [2.45, 2.75) is 159 Å². The highest BCUT2D eigenvalue weighted by Gasteiger charge is 2.45. The van der Waals surface area contributed by atoms with E-state index in [1.54, 1.807) is 58.0 Å². The van der Waals surface area contributed by atoms with Gasteiger partial charge in [0.1, 0.15) is 48.3 Å². The van der Waals surface area contributed by atoms with Gasteiger partial charge >= 0.3 is 11.9 Å². The lowest BCUT2D eigenvalue weighted by Crippen LogP contribution is -2.61. The van der Waals surface area contributed by atoms with Crippen molar-refractivity contribution in [3.63, 3.8) is 0 Å². The second-order valence-electron chi connectivity index (χ2n) is 19.6. The number of likely N-dealkylation sites (tertiary alicyclic amines) is 2. The molecule has 0 saturated carbocycles. The Kier molecular flexibility index (Phi) is 25.5. The second kappa shape index (κ2) is 30.8. The number of carboxylic acids is 2. The van der Waals surface area contributed by atoms with E-state index in [0.29, 0.717) is 24.8 Å². The standard InChI is InChI=1S/C49H77N13O14/c1-5-27(4)39(45(72)57-31(23-28-12-7-6-8-13-28)41(68)55-30(48(75)76)14-9-19-54-49(52)53)60-42(69)32(24-37(51)64)56-44(71)35-15-10-20-61(35)47(74)36-16-11-21-62(36)46(73)33(22-26(2)3)58-43(70)34(25-63)59-40(67)29(50)17-18-38(65)66/h6-8,12-13,26-27,29-36,39,63H,5,9-11,14-25,50H2,1-4H3,(H2,51,64)(H,55,68)(H,56,71)(H,57,72)(H,58,70)(H,59,67)(H,60,69)(H,65,66)(H,75,76)(H4,52,53,54)/t27-,29-,30-,31-,32-,33-,34-,35-,36-,39-/m0/s1. The van der Waals surface area contributed by atoms with E-state index in [4.69, 9.17) is 28.0 Å². The minimum Gasteiger partial charge on any atom is -0.481 e. The average molecular weight is 1070 g/mol. The summed E-state index contributed by atoms with van der Waals surface area (Å²) in [5.41, 5.74) is 22.7. The highest BCUT2D eigenvalue weighted by molar-refractivity contribution is 5.99. The van der Waals surface area contributed by atoms with E-state index >= 15 is 0 Å². The summed E-state index contributed by atoms with van der Waals surface area (Å²) in [6.45, 7) is 6.36. The van der Waals surface area contributed by atoms with Crippen LogP contribution in [0.3, 0.4) is 0 Å². The smallest absolute Gasteiger partial charge is 0.326 e. The first-order chi connectivity index (χ1) is 35.9. The molecule has 2 aliphatic heterocycles. The third kappa shape index (κ3) is 19.7. The maximum Gasteiger partial charge on any atom is 0.326 e. The molecule has 2 saturated heterocycles. The average Bonchev–Trinajstić information content (AvgIpc) is 4.07. The lowest BCUT2D eigenvalue weighted by Gasteiger charge is -2.34. The molecule has 9 amide bonds. The first kappa shape index (κ1) is 62.9. The van der Waals surface area contributed by atoms with Crippen LogP contribution in [0.5, 0.6) is 0 Å². The van der Waals surface area contributed by atoms with Crippen molar-refractivity contribution >= 4 is 71.1 Å². The van der Waals surface area contributed by atoms with E-state index in [1.807, 2.05) is 0 Å². The van der Waals surface area contributed by atoms with Gasteiger partial charge in [-0.2, -0.15) is 0 Å². The lowest BCUT2D eigenvalue weighted by atomic mass is 9.96. The third-order valence-corrected chi connectivity index (χ3v) is 13.1. The number of carbonyl (C=O) groups is 11. The van der Waals surface area contributed by atoms with Crippen LogP contribution in [-0.4, -0.2) is 177 Å². The molecule has 422 valence electrons. The van der Waals surface area contributed by atoms with Crippen molar-refractivity contribution in [1.29, 1.82) is 0 Å². The van der Waals surface area contributed by atoms with Gasteiger partial charge in [0.15, 0.2) is 5.96 Å². The summed E-state index contributed by atoms with van der Waals surface area (Å²) in [5.74, 6) is -11.0. The van der Waals surface area contributed by atoms with Crippen LogP contribution in [0, 0.1) is 11.8 Å². The molecule has 10 atom stereocenters. The third-order valence-electron chi connectivity index (χ3n) is 13.1. The minimum absolute atomic E-state index is 0.0517. The summed E-state index contributed by atoms with van der Waals surface area (Å²) in [4.78, 5) is 153. The number of aliphatic imine (C=N–C) groups is 1. The molecule has 2 heterocycles. The Labute approximate surface area is 440 Å². The molecular formula is C49H77N13O14. The summed E-state index contributed by atoms with van der Waals surface area (Å²) in [6.07, 6.45) is 0.136. The number of aliphatic hydroxyl groups is 1. The Morgan fingerprint density at radius 2 is 1.28 bits per heavy atom. The van der Waals surface area contributed by atoms with E-state index in [-0.39, 0.29) is 76.5 Å². The Morgan fingerprint density at radius 3 is 1.86 bits per heavy atom. The molecule has 27 nitrogen and oxygen atoms in total. The van der Waals surface area contributed by atoms with Crippen LogP contribution in [0.15, 0.2) is 35.3 Å². The number of nitrogens with one attached hydrogen (secondary N) is 6. The zero-order chi connectivity index (χ0) is 56.8. The van der Waals surface area contributed by atoms with Crippen molar-refractivity contribution in [3.05, 3.63) is 35.9 Å². The first-order valence-electron chi connectivity index (χ1n) is 25.5. The van der Waals surface area contributed by atoms with E-state index in [0.717, 1.165) is 0 Å². The van der Waals surface area contributed by atoms with Crippen LogP contribution in [0.1, 0.15) is 104 Å². The SMILES string of the molecule is CC[C@H](C)[C@H](NC(=O)[C@H](CC(N)=O)NC(=O)[C@@H]1CCCN1C(=O)[C@@H]1CCCN1C(=O)[C@H](CC(C)C)NC(=O)[C@H](CO)NC(=O)[C@@H](N)CCC(=O)O)C(=O)N[C@@H](Cc1ccccc1)C(=O)N[C@@H](CCCN=C(N)N)C(=O)O. The molecule has 0 bridgehead atoms. The van der Waals surface area contributed by atoms with E-state index < -0.39 is 145 Å². The maximum atomic E-state index is 14.4. The molecule has 1 aromatic carbocycles. The number of aliphatic carboxylic acids is 2. The normalized spacial score (nSPS) is 18.3. The summed E-state index contributed by atoms with van der Waals surface area (Å²) in [7, 11) is 0. The Morgan fingerprint density at radius 1 is 0.697 bits per heavy atom. The predicted octanol–water partition coefficient (Wildman–Crippen LogP) is -3.59. The number of nitrogens with two attached hydrogens (primary N) is 4. The van der Waals surface area contributed by atoms with Crippen molar-refractivity contribution in [2.75, 3.05) is 26.2 Å². The zero-order valence-corrected chi connectivity index (χ0v) is 43.5. The molecule has 76 heavy (non-hydrogen) atoms. The number of hydrogen-bond donors (Lipinski definition) is 13. The topological polar surface area (TPSA) is 444 Å². The summed E-state index contributed by atoms with van der Waals surface area (Å²) in [6, 6.07) is -3.53. The molecule has 0 aromatic heterocycles. The van der Waals surface area contributed by atoms with Crippen molar-refractivity contribution in [3.8, 4) is 0 Å². The van der Waals surface area contributed by atoms with Gasteiger partial charge in [-0.3, -0.25) is 52.9 Å². The molecule has 2 fully saturated rings. The van der Waals surface area contributed by atoms with Gasteiger partial charge < -0.3 is 80.0 Å². The molecule has 27 heteroatoms. The largest absolute Gasteiger partial charge is 0.481 e. The van der Waals surface area contributed by atoms with Crippen LogP contribution in [-0.2, 0) is 59.2 Å². The Bertz CT molecular complexity index is 2250. The highest BCUT2D eigenvalue weighted by atomic mass is 16.4. The fourth-order valence-corrected chi connectivity index (χ4v) is 8.82. The van der Waals surface area contributed by atoms with Gasteiger partial charge in [0.25, 0.3) is 0 Å². The van der Waals surface area contributed by atoms with Gasteiger partial charge in [0, 0.05) is 32.5 Å². The van der Waals surface area contributed by atoms with Crippen molar-refractivity contribution in [1.82, 2.24) is 41.7 Å². The monoisotopic (exact) mass is 1070 g/mol. The Hall–Kier alpha value is -7.42. The molecule has 0 unspecified atom stereocenters. The summed E-state index contributed by atoms with van der Waals surface area (Å²) >= 11 is 0. The maximum absolute atomic E-state index is 14.4. The number of guanidine groups is 1. The van der Waals surface area contributed by atoms with Crippen molar-refractivity contribution in [2.24, 2.45) is 39.8 Å². The van der Waals surface area contributed by atoms with Gasteiger partial charge in [-0.05, 0) is 68.8 Å². The van der Waals surface area contributed by atoms with Gasteiger partial charge in [-0.15, -0.1) is 0 Å². The molecule has 2 aliphatic rings. The molecule has 0 radical (unpaired) electrons. The number of aliphatic hydroxyl groups excluding tert-OH is 1. The molecule has 0 spiro atoms.